The van der Waals surface area contributed by atoms with E-state index in [1.807, 2.05) is 13.0 Å². The van der Waals surface area contributed by atoms with E-state index in [0.717, 1.165) is 5.56 Å². The van der Waals surface area contributed by atoms with Gasteiger partial charge in [0.25, 0.3) is 5.91 Å². The normalized spacial score (nSPS) is 17.1. The molecule has 5 N–H and O–H groups in total. The summed E-state index contributed by atoms with van der Waals surface area (Å²) < 4.78 is 25.1. The van der Waals surface area contributed by atoms with Crippen LogP contribution in [0.25, 0.3) is 22.2 Å². The number of carbonyl (C=O) groups excluding carboxylic acids is 3. The minimum absolute atomic E-state index is 0.0198. The molecule has 0 radical (unpaired) electrons. The van der Waals surface area contributed by atoms with E-state index in [-0.39, 0.29) is 43.3 Å². The third-order valence-corrected chi connectivity index (χ3v) is 7.70. The lowest BCUT2D eigenvalue weighted by Crippen LogP contribution is -2.40. The SMILES string of the molecule is Cc1cnc2c(OCC(N)=O)cc(C(=O)CC[C@](C)(O)c3cc4c(c(-c5ccc(F)cc5)n3)OC[C@]4(C)C(N)=O)cc2c1. The first-order valence-electron chi connectivity index (χ1n) is 13.6. The van der Waals surface area contributed by atoms with E-state index < -0.39 is 28.6 Å². The maximum Gasteiger partial charge on any atom is 0.255 e. The first-order valence-corrected chi connectivity index (χ1v) is 13.6. The van der Waals surface area contributed by atoms with E-state index in [1.165, 1.54) is 37.3 Å². The molecular weight excluding hydrogens is 555 g/mol. The predicted octanol–water partition coefficient (Wildman–Crippen LogP) is 3.61. The average Bonchev–Trinajstić information content (AvgIpc) is 3.32. The van der Waals surface area contributed by atoms with Crippen molar-refractivity contribution in [2.24, 2.45) is 11.5 Å². The lowest BCUT2D eigenvalue weighted by atomic mass is 9.81. The summed E-state index contributed by atoms with van der Waals surface area (Å²) in [5, 5.41) is 12.3. The number of ether oxygens (including phenoxy) is 2. The molecule has 2 atom stereocenters. The number of rotatable bonds is 10. The third-order valence-electron chi connectivity index (χ3n) is 7.70. The van der Waals surface area contributed by atoms with Crippen LogP contribution >= 0.6 is 0 Å². The zero-order chi connectivity index (χ0) is 31.1. The van der Waals surface area contributed by atoms with Crippen molar-refractivity contribution < 1.29 is 33.4 Å². The van der Waals surface area contributed by atoms with E-state index in [4.69, 9.17) is 20.9 Å². The van der Waals surface area contributed by atoms with Crippen molar-refractivity contribution >= 4 is 28.5 Å². The molecule has 0 unspecified atom stereocenters. The Bertz CT molecular complexity index is 1770. The summed E-state index contributed by atoms with van der Waals surface area (Å²) in [6.07, 6.45) is 1.54. The molecule has 11 heteroatoms. The van der Waals surface area contributed by atoms with Crippen molar-refractivity contribution in [1.29, 1.82) is 0 Å². The Hall–Kier alpha value is -4.90. The fraction of sp³-hybridized carbons (Fsp3) is 0.281. The Kier molecular flexibility index (Phi) is 7.61. The van der Waals surface area contributed by atoms with Gasteiger partial charge in [-0.25, -0.2) is 9.37 Å². The number of Topliss-reactive ketones (excluding diaryl/α,β-unsaturated/α-hetero) is 1. The number of aliphatic hydroxyl groups is 1. The number of fused-ring (bicyclic) bond motifs is 2. The van der Waals surface area contributed by atoms with Crippen LogP contribution in [0.2, 0.25) is 0 Å². The van der Waals surface area contributed by atoms with Crippen LogP contribution in [0.3, 0.4) is 0 Å². The van der Waals surface area contributed by atoms with Gasteiger partial charge in [0.15, 0.2) is 12.4 Å². The van der Waals surface area contributed by atoms with Gasteiger partial charge in [-0.05, 0) is 81.3 Å². The number of benzene rings is 2. The van der Waals surface area contributed by atoms with Crippen molar-refractivity contribution in [2.75, 3.05) is 13.2 Å². The van der Waals surface area contributed by atoms with Gasteiger partial charge in [-0.15, -0.1) is 0 Å². The first kappa shape index (κ1) is 29.6. The molecule has 1 aliphatic heterocycles. The summed E-state index contributed by atoms with van der Waals surface area (Å²) in [4.78, 5) is 46.3. The van der Waals surface area contributed by atoms with Crippen molar-refractivity contribution in [3.63, 3.8) is 0 Å². The van der Waals surface area contributed by atoms with Gasteiger partial charge in [-0.1, -0.05) is 0 Å². The van der Waals surface area contributed by atoms with Crippen molar-refractivity contribution in [3.05, 3.63) is 82.9 Å². The number of aromatic nitrogens is 2. The largest absolute Gasteiger partial charge is 0.489 e. The summed E-state index contributed by atoms with van der Waals surface area (Å²) >= 11 is 0. The lowest BCUT2D eigenvalue weighted by Gasteiger charge is -2.26. The molecule has 5 rings (SSSR count). The van der Waals surface area contributed by atoms with Crippen LogP contribution in [0.4, 0.5) is 4.39 Å². The van der Waals surface area contributed by atoms with Crippen LogP contribution < -0.4 is 20.9 Å². The number of nitrogens with zero attached hydrogens (tertiary/aromatic N) is 2. The molecule has 10 nitrogen and oxygen atoms in total. The molecule has 0 fully saturated rings. The highest BCUT2D eigenvalue weighted by Crippen LogP contribution is 2.46. The van der Waals surface area contributed by atoms with Gasteiger partial charge in [0.05, 0.1) is 5.69 Å². The van der Waals surface area contributed by atoms with Crippen LogP contribution in [0.15, 0.2) is 54.7 Å². The second kappa shape index (κ2) is 11.1. The monoisotopic (exact) mass is 586 g/mol. The number of hydrogen-bond donors (Lipinski definition) is 3. The van der Waals surface area contributed by atoms with Crippen LogP contribution in [0, 0.1) is 12.7 Å². The molecule has 2 aromatic heterocycles. The molecule has 3 heterocycles. The predicted molar refractivity (Wildman–Crippen MR) is 156 cm³/mol. The molecule has 2 aromatic carbocycles. The summed E-state index contributed by atoms with van der Waals surface area (Å²) in [6, 6.07) is 12.2. The van der Waals surface area contributed by atoms with Gasteiger partial charge < -0.3 is 26.0 Å². The fourth-order valence-electron chi connectivity index (χ4n) is 5.04. The van der Waals surface area contributed by atoms with Crippen LogP contribution in [0.5, 0.6) is 11.5 Å². The molecule has 222 valence electrons. The number of ketones is 1. The number of nitrogens with two attached hydrogens (primary N) is 2. The second-order valence-corrected chi connectivity index (χ2v) is 11.2. The fourth-order valence-corrected chi connectivity index (χ4v) is 5.04. The summed E-state index contributed by atoms with van der Waals surface area (Å²) in [6.45, 7) is 4.63. The second-order valence-electron chi connectivity index (χ2n) is 11.2. The average molecular weight is 587 g/mol. The highest BCUT2D eigenvalue weighted by molar-refractivity contribution is 6.01. The quantitative estimate of drug-likeness (QED) is 0.237. The number of primary amides is 2. The lowest BCUT2D eigenvalue weighted by molar-refractivity contribution is -0.123. The topological polar surface area (TPSA) is 168 Å². The third kappa shape index (κ3) is 5.76. The number of amides is 2. The number of pyridine rings is 2. The van der Waals surface area contributed by atoms with Crippen molar-refractivity contribution in [1.82, 2.24) is 9.97 Å². The van der Waals surface area contributed by atoms with Crippen LogP contribution in [0.1, 0.15) is 53.9 Å². The molecule has 1 aliphatic rings. The van der Waals surface area contributed by atoms with Crippen LogP contribution in [-0.2, 0) is 20.6 Å². The minimum Gasteiger partial charge on any atom is -0.489 e. The van der Waals surface area contributed by atoms with E-state index in [9.17, 15) is 23.9 Å². The van der Waals surface area contributed by atoms with E-state index in [0.29, 0.717) is 39.0 Å². The molecule has 0 saturated heterocycles. The number of hydrogen-bond acceptors (Lipinski definition) is 8. The van der Waals surface area contributed by atoms with Crippen molar-refractivity contribution in [3.8, 4) is 22.8 Å². The van der Waals surface area contributed by atoms with Gasteiger partial charge >= 0.3 is 0 Å². The Morgan fingerprint density at radius 3 is 2.53 bits per heavy atom. The highest BCUT2D eigenvalue weighted by Gasteiger charge is 2.45. The Morgan fingerprint density at radius 1 is 1.14 bits per heavy atom. The first-order chi connectivity index (χ1) is 20.3. The standard InChI is InChI=1S/C32H31FN4O6/c1-17-10-20-11-19(12-24(27(20)36-14-17)42-15-26(34)39)23(38)8-9-32(3,41)25-13-22-29(43-16-31(22,2)30(35)40)28(37-25)18-4-6-21(33)7-5-18/h4-7,10-14,41H,8-9,15-16H2,1-3H3,(H2,34,39)(H2,35,40)/t31-,32-/m0/s1. The maximum atomic E-state index is 13.7. The van der Waals surface area contributed by atoms with Crippen molar-refractivity contribution in [2.45, 2.75) is 44.6 Å². The summed E-state index contributed by atoms with van der Waals surface area (Å²) in [5.74, 6) is -1.45. The zero-order valence-corrected chi connectivity index (χ0v) is 23.9. The van der Waals surface area contributed by atoms with E-state index >= 15 is 0 Å². The highest BCUT2D eigenvalue weighted by atomic mass is 19.1. The van der Waals surface area contributed by atoms with E-state index in [2.05, 4.69) is 9.97 Å². The van der Waals surface area contributed by atoms with E-state index in [1.54, 1.807) is 25.3 Å². The van der Waals surface area contributed by atoms with Gasteiger partial charge in [-0.2, -0.15) is 0 Å². The Balaban J connectivity index is 1.48. The molecule has 4 aromatic rings. The number of aryl methyl sites for hydroxylation is 1. The smallest absolute Gasteiger partial charge is 0.255 e. The molecule has 0 saturated carbocycles. The number of halogens is 1. The number of carbonyl (C=O) groups is 3. The molecule has 0 spiro atoms. The molecule has 2 amide bonds. The molecule has 0 bridgehead atoms. The minimum atomic E-state index is -1.62. The Morgan fingerprint density at radius 2 is 1.86 bits per heavy atom. The maximum absolute atomic E-state index is 13.7. The van der Waals surface area contributed by atoms with Gasteiger partial charge in [0, 0.05) is 34.7 Å². The van der Waals surface area contributed by atoms with Crippen LogP contribution in [-0.4, -0.2) is 45.9 Å². The molecule has 43 heavy (non-hydrogen) atoms. The molecule has 0 aliphatic carbocycles. The van der Waals surface area contributed by atoms with Gasteiger partial charge in [-0.3, -0.25) is 19.4 Å². The summed E-state index contributed by atoms with van der Waals surface area (Å²) in [7, 11) is 0. The Labute approximate surface area is 246 Å². The van der Waals surface area contributed by atoms with Gasteiger partial charge in [0.1, 0.15) is 46.1 Å². The zero-order valence-electron chi connectivity index (χ0n) is 23.9. The summed E-state index contributed by atoms with van der Waals surface area (Å²) in [5.41, 5.74) is 11.3. The molecular formula is C32H31FN4O6. The van der Waals surface area contributed by atoms with Gasteiger partial charge in [0.2, 0.25) is 5.91 Å².